The van der Waals surface area contributed by atoms with Crippen molar-refractivity contribution in [2.75, 3.05) is 0 Å². The minimum Gasteiger partial charge on any atom is -0.328 e. The van der Waals surface area contributed by atoms with E-state index >= 15 is 0 Å². The van der Waals surface area contributed by atoms with E-state index < -0.39 is 24.6 Å². The van der Waals surface area contributed by atoms with Crippen molar-refractivity contribution in [2.45, 2.75) is 70.4 Å². The fraction of sp³-hybridized carbons (Fsp3) is 0.400. The number of halogens is 1. The molecule has 5 rings (SSSR count). The van der Waals surface area contributed by atoms with Gasteiger partial charge in [-0.1, -0.05) is 62.7 Å². The highest BCUT2D eigenvalue weighted by Crippen LogP contribution is 2.57. The van der Waals surface area contributed by atoms with Crippen LogP contribution in [0.1, 0.15) is 65.6 Å². The van der Waals surface area contributed by atoms with E-state index in [2.05, 4.69) is 31.0 Å². The number of carbonyl (C=O) groups excluding carboxylic acids is 1. The van der Waals surface area contributed by atoms with Crippen molar-refractivity contribution in [3.8, 4) is 11.4 Å². The normalized spacial score (nSPS) is 16.6. The minimum absolute atomic E-state index is 0.257. The zero-order valence-corrected chi connectivity index (χ0v) is 24.8. The standard InChI is InChI=1S/C30H34ClN5O2S/c1-28(2,3)27(37)35-39(38,29(4,5)6)30(14-15-30)23-18-24(31)34-25(33-23)21-12-16-32-26-22(21)13-17-36(26)19-20-10-8-7-9-11-20/h7-13,16-18H,14-15,19H2,1-6H3/t39-/m1/s1. The van der Waals surface area contributed by atoms with Gasteiger partial charge in [0.15, 0.2) is 5.82 Å². The van der Waals surface area contributed by atoms with Crippen molar-refractivity contribution in [3.05, 3.63) is 77.3 Å². The Morgan fingerprint density at radius 1 is 1.05 bits per heavy atom. The molecule has 1 fully saturated rings. The summed E-state index contributed by atoms with van der Waals surface area (Å²) < 4.78 is 19.7. The molecule has 0 N–H and O–H groups in total. The van der Waals surface area contributed by atoms with Gasteiger partial charge < -0.3 is 4.57 Å². The second-order valence-corrected chi connectivity index (χ2v) is 15.8. The molecule has 1 aromatic carbocycles. The van der Waals surface area contributed by atoms with Crippen LogP contribution >= 0.6 is 11.6 Å². The van der Waals surface area contributed by atoms with Crippen LogP contribution in [0.4, 0.5) is 0 Å². The lowest BCUT2D eigenvalue weighted by atomic mass is 9.96. The first-order valence-electron chi connectivity index (χ1n) is 13.1. The summed E-state index contributed by atoms with van der Waals surface area (Å²) in [7, 11) is -3.09. The maximum absolute atomic E-state index is 14.8. The first-order chi connectivity index (χ1) is 18.2. The first-order valence-corrected chi connectivity index (χ1v) is 15.0. The van der Waals surface area contributed by atoms with E-state index in [9.17, 15) is 9.00 Å². The maximum Gasteiger partial charge on any atom is 0.259 e. The van der Waals surface area contributed by atoms with Crippen LogP contribution in [0.5, 0.6) is 0 Å². The summed E-state index contributed by atoms with van der Waals surface area (Å²) in [6, 6.07) is 15.8. The van der Waals surface area contributed by atoms with Crippen LogP contribution in [0.2, 0.25) is 5.15 Å². The van der Waals surface area contributed by atoms with Gasteiger partial charge in [-0.25, -0.2) is 19.2 Å². The van der Waals surface area contributed by atoms with Crippen LogP contribution in [-0.2, 0) is 25.8 Å². The maximum atomic E-state index is 14.8. The number of amides is 1. The summed E-state index contributed by atoms with van der Waals surface area (Å²) in [6.07, 6.45) is 4.96. The fourth-order valence-corrected chi connectivity index (χ4v) is 8.17. The quantitative estimate of drug-likeness (QED) is 0.243. The molecule has 39 heavy (non-hydrogen) atoms. The molecule has 0 aliphatic heterocycles. The number of hydrogen-bond acceptors (Lipinski definition) is 5. The van der Waals surface area contributed by atoms with Gasteiger partial charge in [0.1, 0.15) is 10.8 Å². The van der Waals surface area contributed by atoms with Crippen molar-refractivity contribution < 1.29 is 9.00 Å². The van der Waals surface area contributed by atoms with Gasteiger partial charge in [-0.2, -0.15) is 4.36 Å². The molecule has 1 aliphatic rings. The molecule has 3 heterocycles. The predicted octanol–water partition coefficient (Wildman–Crippen LogP) is 7.02. The van der Waals surface area contributed by atoms with Gasteiger partial charge in [0.05, 0.1) is 20.2 Å². The van der Waals surface area contributed by atoms with Crippen LogP contribution < -0.4 is 0 Å². The lowest BCUT2D eigenvalue weighted by Gasteiger charge is -2.32. The number of nitrogens with zero attached hydrogens (tertiary/aromatic N) is 5. The third-order valence-corrected chi connectivity index (χ3v) is 11.1. The number of benzene rings is 1. The Labute approximate surface area is 235 Å². The van der Waals surface area contributed by atoms with E-state index in [1.54, 1.807) is 33.0 Å². The highest BCUT2D eigenvalue weighted by atomic mass is 35.5. The van der Waals surface area contributed by atoms with E-state index in [-0.39, 0.29) is 11.1 Å². The van der Waals surface area contributed by atoms with Crippen molar-refractivity contribution >= 4 is 38.3 Å². The zero-order valence-electron chi connectivity index (χ0n) is 23.2. The van der Waals surface area contributed by atoms with Crippen LogP contribution in [0, 0.1) is 5.41 Å². The lowest BCUT2D eigenvalue weighted by molar-refractivity contribution is -0.124. The third-order valence-electron chi connectivity index (χ3n) is 7.18. The van der Waals surface area contributed by atoms with Crippen LogP contribution in [0.25, 0.3) is 22.4 Å². The van der Waals surface area contributed by atoms with Crippen LogP contribution in [0.15, 0.2) is 65.3 Å². The van der Waals surface area contributed by atoms with Gasteiger partial charge in [0, 0.05) is 40.1 Å². The molecule has 1 atom stereocenters. The molecule has 0 bridgehead atoms. The van der Waals surface area contributed by atoms with Crippen molar-refractivity contribution in [1.29, 1.82) is 0 Å². The zero-order chi connectivity index (χ0) is 28.2. The molecule has 0 spiro atoms. The Hall–Kier alpha value is -3.10. The molecule has 1 aliphatic carbocycles. The van der Waals surface area contributed by atoms with Gasteiger partial charge in [0.2, 0.25) is 0 Å². The van der Waals surface area contributed by atoms with E-state index in [4.69, 9.17) is 16.6 Å². The second-order valence-electron chi connectivity index (χ2n) is 12.2. The van der Waals surface area contributed by atoms with E-state index in [1.165, 1.54) is 5.56 Å². The van der Waals surface area contributed by atoms with Gasteiger partial charge in [-0.05, 0) is 57.4 Å². The molecule has 1 saturated carbocycles. The average Bonchev–Trinajstić information content (AvgIpc) is 3.59. The molecule has 1 amide bonds. The Balaban J connectivity index is 1.63. The second kappa shape index (κ2) is 9.52. The van der Waals surface area contributed by atoms with Crippen LogP contribution in [0.3, 0.4) is 0 Å². The molecule has 4 aromatic rings. The van der Waals surface area contributed by atoms with Crippen molar-refractivity contribution in [1.82, 2.24) is 19.5 Å². The summed E-state index contributed by atoms with van der Waals surface area (Å²) in [5.74, 6) is 0.0658. The van der Waals surface area contributed by atoms with Gasteiger partial charge in [-0.15, -0.1) is 0 Å². The van der Waals surface area contributed by atoms with E-state index in [0.717, 1.165) is 16.6 Å². The number of rotatable bonds is 5. The Morgan fingerprint density at radius 2 is 1.74 bits per heavy atom. The minimum atomic E-state index is -3.09. The lowest BCUT2D eigenvalue weighted by Crippen LogP contribution is -2.39. The summed E-state index contributed by atoms with van der Waals surface area (Å²) in [5, 5.41) is 1.16. The Morgan fingerprint density at radius 3 is 2.36 bits per heavy atom. The summed E-state index contributed by atoms with van der Waals surface area (Å²) in [5.41, 5.74) is 2.60. The number of pyridine rings is 1. The number of carbonyl (C=O) groups is 1. The largest absolute Gasteiger partial charge is 0.328 e. The monoisotopic (exact) mass is 563 g/mol. The predicted molar refractivity (Wildman–Crippen MR) is 157 cm³/mol. The van der Waals surface area contributed by atoms with Gasteiger partial charge in [-0.3, -0.25) is 4.79 Å². The molecular formula is C30H34ClN5O2S. The number of aromatic nitrogens is 4. The summed E-state index contributed by atoms with van der Waals surface area (Å²) >= 11 is 6.58. The number of hydrogen-bond donors (Lipinski definition) is 0. The Bertz CT molecular complexity index is 1690. The molecular weight excluding hydrogens is 530 g/mol. The summed E-state index contributed by atoms with van der Waals surface area (Å²) in [6.45, 7) is 11.7. The number of fused-ring (bicyclic) bond motifs is 1. The SMILES string of the molecule is CC(C)(C)C(=O)N=[S@@](=O)(C(C)(C)C)C1(c2cc(Cl)nc(-c3ccnc4c3ccn4Cc3ccccc3)n2)CC1. The van der Waals surface area contributed by atoms with Crippen molar-refractivity contribution in [2.24, 2.45) is 9.78 Å². The average molecular weight is 564 g/mol. The van der Waals surface area contributed by atoms with Crippen LogP contribution in [-0.4, -0.2) is 34.4 Å². The molecule has 0 saturated heterocycles. The van der Waals surface area contributed by atoms with E-state index in [1.807, 2.05) is 57.3 Å². The molecule has 204 valence electrons. The summed E-state index contributed by atoms with van der Waals surface area (Å²) in [4.78, 5) is 27.2. The van der Waals surface area contributed by atoms with Crippen molar-refractivity contribution in [3.63, 3.8) is 0 Å². The van der Waals surface area contributed by atoms with Gasteiger partial charge in [0.25, 0.3) is 5.91 Å². The van der Waals surface area contributed by atoms with E-state index in [0.29, 0.717) is 30.9 Å². The molecule has 0 unspecified atom stereocenters. The van der Waals surface area contributed by atoms with Gasteiger partial charge >= 0.3 is 0 Å². The molecule has 7 nitrogen and oxygen atoms in total. The Kier molecular flexibility index (Phi) is 6.71. The highest BCUT2D eigenvalue weighted by Gasteiger charge is 2.59. The molecule has 3 aromatic heterocycles. The topological polar surface area (TPSA) is 90.1 Å². The third kappa shape index (κ3) is 4.89. The smallest absolute Gasteiger partial charge is 0.259 e. The fourth-order valence-electron chi connectivity index (χ4n) is 4.82. The molecule has 9 heteroatoms. The first kappa shape index (κ1) is 27.5. The highest BCUT2D eigenvalue weighted by molar-refractivity contribution is 7.96. The molecule has 0 radical (unpaired) electrons.